The number of nitrogens with two attached hydrogens (primary N) is 1. The highest BCUT2D eigenvalue weighted by Gasteiger charge is 2.21. The average molecular weight is 299 g/mol. The van der Waals surface area contributed by atoms with E-state index in [0.29, 0.717) is 6.54 Å². The number of carbonyl (C=O) groups excluding carboxylic acids is 2. The van der Waals surface area contributed by atoms with Crippen LogP contribution in [-0.2, 0) is 11.3 Å². The predicted octanol–water partition coefficient (Wildman–Crippen LogP) is -0.394. The summed E-state index contributed by atoms with van der Waals surface area (Å²) in [5.41, 5.74) is 4.44. The second-order valence-electron chi connectivity index (χ2n) is 5.39. The lowest BCUT2D eigenvalue weighted by Crippen LogP contribution is -2.40. The van der Waals surface area contributed by atoms with Crippen LogP contribution in [-0.4, -0.2) is 62.1 Å². The van der Waals surface area contributed by atoms with Gasteiger partial charge in [0.2, 0.25) is 5.82 Å². The van der Waals surface area contributed by atoms with Crippen molar-refractivity contribution >= 4 is 12.0 Å². The fourth-order valence-electron chi connectivity index (χ4n) is 1.48. The van der Waals surface area contributed by atoms with E-state index in [0.717, 1.165) is 0 Å². The van der Waals surface area contributed by atoms with Crippen LogP contribution in [0.25, 0.3) is 0 Å². The van der Waals surface area contributed by atoms with Gasteiger partial charge in [-0.1, -0.05) is 0 Å². The molecule has 0 aliphatic heterocycles. The van der Waals surface area contributed by atoms with Crippen molar-refractivity contribution in [2.45, 2.75) is 32.9 Å². The average Bonchev–Trinajstić information content (AvgIpc) is 2.81. The maximum atomic E-state index is 12.0. The molecular weight excluding hydrogens is 278 g/mol. The van der Waals surface area contributed by atoms with Gasteiger partial charge in [-0.25, -0.2) is 9.78 Å². The molecule has 21 heavy (non-hydrogen) atoms. The number of nitrogens with zero attached hydrogens (tertiary/aromatic N) is 4. The Kier molecular flexibility index (Phi) is 5.65. The van der Waals surface area contributed by atoms with E-state index in [4.69, 9.17) is 15.6 Å². The van der Waals surface area contributed by atoms with Gasteiger partial charge in [0.1, 0.15) is 11.9 Å². The van der Waals surface area contributed by atoms with Crippen LogP contribution < -0.4 is 5.73 Å². The van der Waals surface area contributed by atoms with Crippen molar-refractivity contribution in [2.24, 2.45) is 5.73 Å². The van der Waals surface area contributed by atoms with Crippen molar-refractivity contribution in [3.05, 3.63) is 12.2 Å². The fraction of sp³-hybridized carbons (Fsp3) is 0.667. The molecule has 0 bridgehead atoms. The molecule has 1 heterocycles. The summed E-state index contributed by atoms with van der Waals surface area (Å²) < 4.78 is 6.64. The Morgan fingerprint density at radius 2 is 2.10 bits per heavy atom. The quantitative estimate of drug-likeness (QED) is 0.737. The van der Waals surface area contributed by atoms with E-state index in [1.165, 1.54) is 15.9 Å². The molecule has 1 rings (SSSR count). The minimum Gasteiger partial charge on any atom is -0.444 e. The topological polar surface area (TPSA) is 124 Å². The highest BCUT2D eigenvalue weighted by atomic mass is 16.6. The Morgan fingerprint density at radius 1 is 1.43 bits per heavy atom. The van der Waals surface area contributed by atoms with E-state index < -0.39 is 17.6 Å². The van der Waals surface area contributed by atoms with Crippen LogP contribution in [0.2, 0.25) is 0 Å². The van der Waals surface area contributed by atoms with E-state index in [2.05, 4.69) is 10.1 Å². The maximum absolute atomic E-state index is 12.0. The molecule has 0 radical (unpaired) electrons. The number of aliphatic hydroxyl groups is 1. The number of aromatic nitrogens is 3. The minimum atomic E-state index is -0.715. The molecule has 9 nitrogen and oxygen atoms in total. The summed E-state index contributed by atoms with van der Waals surface area (Å²) in [6, 6.07) is 0. The Balaban J connectivity index is 2.61. The first-order chi connectivity index (χ1) is 9.73. The predicted molar refractivity (Wildman–Crippen MR) is 73.4 cm³/mol. The first-order valence-corrected chi connectivity index (χ1v) is 6.51. The standard InChI is InChI=1S/C12H21N5O4/c1-12(2,3)21-11(20)16(6-7-18)4-5-17-8-14-10(15-17)9(13)19/h8,18H,4-7H2,1-3H3,(H2,13,19). The number of primary amides is 1. The summed E-state index contributed by atoms with van der Waals surface area (Å²) in [5, 5.41) is 12.9. The molecular formula is C12H21N5O4. The van der Waals surface area contributed by atoms with Gasteiger partial charge in [0.25, 0.3) is 5.91 Å². The lowest BCUT2D eigenvalue weighted by molar-refractivity contribution is 0.0210. The third-order valence-corrected chi connectivity index (χ3v) is 2.38. The van der Waals surface area contributed by atoms with Crippen LogP contribution >= 0.6 is 0 Å². The Labute approximate surface area is 122 Å². The molecule has 0 unspecified atom stereocenters. The first kappa shape index (κ1) is 16.9. The second-order valence-corrected chi connectivity index (χ2v) is 5.39. The largest absolute Gasteiger partial charge is 0.444 e. The molecule has 2 amide bonds. The monoisotopic (exact) mass is 299 g/mol. The van der Waals surface area contributed by atoms with Crippen molar-refractivity contribution in [3.63, 3.8) is 0 Å². The second kappa shape index (κ2) is 7.02. The number of ether oxygens (including phenoxy) is 1. The van der Waals surface area contributed by atoms with Gasteiger partial charge in [-0.05, 0) is 20.8 Å². The normalized spacial score (nSPS) is 11.2. The van der Waals surface area contributed by atoms with Crippen LogP contribution in [0.15, 0.2) is 6.33 Å². The molecule has 1 aromatic rings. The number of hydrogen-bond acceptors (Lipinski definition) is 6. The molecule has 0 aliphatic rings. The molecule has 1 aromatic heterocycles. The molecule has 0 aromatic carbocycles. The summed E-state index contributed by atoms with van der Waals surface area (Å²) >= 11 is 0. The third-order valence-electron chi connectivity index (χ3n) is 2.38. The molecule has 0 aliphatic carbocycles. The zero-order chi connectivity index (χ0) is 16.0. The van der Waals surface area contributed by atoms with Crippen LogP contribution in [0, 0.1) is 0 Å². The van der Waals surface area contributed by atoms with Gasteiger partial charge >= 0.3 is 6.09 Å². The van der Waals surface area contributed by atoms with Crippen molar-refractivity contribution in [2.75, 3.05) is 19.7 Å². The van der Waals surface area contributed by atoms with Gasteiger partial charge in [0.05, 0.1) is 13.2 Å². The summed E-state index contributed by atoms with van der Waals surface area (Å²) in [6.07, 6.45) is 0.832. The van der Waals surface area contributed by atoms with Crippen LogP contribution in [0.1, 0.15) is 31.4 Å². The number of amides is 2. The van der Waals surface area contributed by atoms with E-state index >= 15 is 0 Å². The first-order valence-electron chi connectivity index (χ1n) is 6.51. The summed E-state index contributed by atoms with van der Waals surface area (Å²) in [7, 11) is 0. The van der Waals surface area contributed by atoms with E-state index in [-0.39, 0.29) is 25.5 Å². The fourth-order valence-corrected chi connectivity index (χ4v) is 1.48. The van der Waals surface area contributed by atoms with E-state index in [9.17, 15) is 9.59 Å². The summed E-state index contributed by atoms with van der Waals surface area (Å²) in [6.45, 7) is 5.82. The smallest absolute Gasteiger partial charge is 0.410 e. The van der Waals surface area contributed by atoms with Crippen LogP contribution in [0.4, 0.5) is 4.79 Å². The number of hydrogen-bond donors (Lipinski definition) is 2. The van der Waals surface area contributed by atoms with Crippen molar-refractivity contribution in [1.82, 2.24) is 19.7 Å². The number of carbonyl (C=O) groups is 2. The van der Waals surface area contributed by atoms with Gasteiger partial charge < -0.3 is 20.5 Å². The van der Waals surface area contributed by atoms with Gasteiger partial charge in [0.15, 0.2) is 0 Å². The van der Waals surface area contributed by atoms with Crippen LogP contribution in [0.5, 0.6) is 0 Å². The van der Waals surface area contributed by atoms with Gasteiger partial charge in [-0.2, -0.15) is 0 Å². The molecule has 0 saturated heterocycles. The lowest BCUT2D eigenvalue weighted by atomic mass is 10.2. The Hall–Kier alpha value is -2.16. The molecule has 118 valence electrons. The zero-order valence-corrected chi connectivity index (χ0v) is 12.4. The van der Waals surface area contributed by atoms with Crippen molar-refractivity contribution in [1.29, 1.82) is 0 Å². The lowest BCUT2D eigenvalue weighted by Gasteiger charge is -2.26. The van der Waals surface area contributed by atoms with Gasteiger partial charge in [-0.3, -0.25) is 9.48 Å². The highest BCUT2D eigenvalue weighted by molar-refractivity contribution is 5.88. The molecule has 0 atom stereocenters. The molecule has 3 N–H and O–H groups in total. The minimum absolute atomic E-state index is 0.0824. The van der Waals surface area contributed by atoms with Crippen molar-refractivity contribution < 1.29 is 19.4 Å². The zero-order valence-electron chi connectivity index (χ0n) is 12.4. The maximum Gasteiger partial charge on any atom is 0.410 e. The van der Waals surface area contributed by atoms with Crippen molar-refractivity contribution in [3.8, 4) is 0 Å². The third kappa shape index (κ3) is 5.78. The van der Waals surface area contributed by atoms with Crippen LogP contribution in [0.3, 0.4) is 0 Å². The number of rotatable bonds is 6. The van der Waals surface area contributed by atoms with E-state index in [1.807, 2.05) is 0 Å². The SMILES string of the molecule is CC(C)(C)OC(=O)N(CCO)CCn1cnc(C(N)=O)n1. The summed E-state index contributed by atoms with van der Waals surface area (Å²) in [4.78, 5) is 27.9. The number of aliphatic hydroxyl groups excluding tert-OH is 1. The van der Waals surface area contributed by atoms with E-state index in [1.54, 1.807) is 20.8 Å². The molecule has 0 fully saturated rings. The molecule has 0 saturated carbocycles. The Bertz CT molecular complexity index is 494. The molecule has 9 heteroatoms. The van der Waals surface area contributed by atoms with Gasteiger partial charge in [0, 0.05) is 13.1 Å². The summed E-state index contributed by atoms with van der Waals surface area (Å²) in [5.74, 6) is -0.797. The highest BCUT2D eigenvalue weighted by Crippen LogP contribution is 2.09. The Morgan fingerprint density at radius 3 is 2.57 bits per heavy atom. The molecule has 0 spiro atoms. The van der Waals surface area contributed by atoms with Gasteiger partial charge in [-0.15, -0.1) is 5.10 Å².